The van der Waals surface area contributed by atoms with E-state index < -0.39 is 74.2 Å². The van der Waals surface area contributed by atoms with Crippen molar-refractivity contribution in [2.75, 3.05) is 13.2 Å². The molecule has 9 atom stereocenters. The lowest BCUT2D eigenvalue weighted by atomic mass is 9.98. The summed E-state index contributed by atoms with van der Waals surface area (Å²) in [6, 6.07) is -1.16. The zero-order chi connectivity index (χ0) is 45.5. The number of nitrogens with one attached hydrogen (secondary N) is 1. The Morgan fingerprint density at radius 1 is 0.565 bits per heavy atom. The van der Waals surface area contributed by atoms with Crippen LogP contribution >= 0.6 is 0 Å². The van der Waals surface area contributed by atoms with Gasteiger partial charge in [0.25, 0.3) is 0 Å². The Morgan fingerprint density at radius 3 is 1.44 bits per heavy atom. The molecule has 8 N–H and O–H groups in total. The summed E-state index contributed by atoms with van der Waals surface area (Å²) in [4.78, 5) is 13.0. The van der Waals surface area contributed by atoms with Gasteiger partial charge in [-0.15, -0.1) is 0 Å². The third-order valence-electron chi connectivity index (χ3n) is 12.5. The van der Waals surface area contributed by atoms with E-state index in [0.717, 1.165) is 51.4 Å². The number of allylic oxidation sites excluding steroid dienone is 4. The number of rotatable bonds is 43. The van der Waals surface area contributed by atoms with E-state index in [9.17, 15) is 40.5 Å². The SMILES string of the molecule is CCCCCCCCCCC/C=C\C/C=C\CCCCCCCCCCCCCCCCC(O)C(=O)NC(COC1OC(CO)C(O)C(O)C1O)C(O)C(O)CCCCCCC. The van der Waals surface area contributed by atoms with Crippen molar-refractivity contribution in [1.29, 1.82) is 0 Å². The molecule has 11 nitrogen and oxygen atoms in total. The van der Waals surface area contributed by atoms with E-state index in [1.165, 1.54) is 135 Å². The van der Waals surface area contributed by atoms with Crippen LogP contribution in [0, 0.1) is 0 Å². The number of hydrogen-bond donors (Lipinski definition) is 8. The normalized spacial score (nSPS) is 21.5. The van der Waals surface area contributed by atoms with Crippen molar-refractivity contribution in [3.05, 3.63) is 24.3 Å². The molecule has 0 aromatic rings. The van der Waals surface area contributed by atoms with Crippen LogP contribution in [-0.4, -0.2) is 110 Å². The third kappa shape index (κ3) is 29.9. The van der Waals surface area contributed by atoms with Gasteiger partial charge in [0.05, 0.1) is 25.4 Å². The van der Waals surface area contributed by atoms with Gasteiger partial charge in [0.2, 0.25) is 5.91 Å². The Bertz CT molecular complexity index is 1060. The second-order valence-corrected chi connectivity index (χ2v) is 18.2. The van der Waals surface area contributed by atoms with Gasteiger partial charge in [-0.3, -0.25) is 4.79 Å². The van der Waals surface area contributed by atoms with E-state index >= 15 is 0 Å². The number of carbonyl (C=O) groups excluding carboxylic acids is 1. The van der Waals surface area contributed by atoms with Gasteiger partial charge in [0.15, 0.2) is 6.29 Å². The van der Waals surface area contributed by atoms with Crippen LogP contribution in [0.5, 0.6) is 0 Å². The van der Waals surface area contributed by atoms with Gasteiger partial charge < -0.3 is 50.5 Å². The van der Waals surface area contributed by atoms with Crippen LogP contribution < -0.4 is 5.32 Å². The first-order valence-electron chi connectivity index (χ1n) is 25.7. The molecule has 0 aromatic heterocycles. The molecule has 1 rings (SSSR count). The molecule has 0 radical (unpaired) electrons. The van der Waals surface area contributed by atoms with Crippen LogP contribution in [0.25, 0.3) is 0 Å². The average Bonchev–Trinajstić information content (AvgIpc) is 3.27. The quantitative estimate of drug-likeness (QED) is 0.0216. The van der Waals surface area contributed by atoms with Gasteiger partial charge in [0.1, 0.15) is 36.6 Å². The third-order valence-corrected chi connectivity index (χ3v) is 12.5. The fourth-order valence-corrected chi connectivity index (χ4v) is 8.24. The summed E-state index contributed by atoms with van der Waals surface area (Å²) < 4.78 is 11.0. The molecule has 1 aliphatic heterocycles. The van der Waals surface area contributed by atoms with Crippen LogP contribution in [0.1, 0.15) is 226 Å². The van der Waals surface area contributed by atoms with Crippen molar-refractivity contribution in [2.45, 2.75) is 281 Å². The van der Waals surface area contributed by atoms with Gasteiger partial charge in [-0.1, -0.05) is 205 Å². The van der Waals surface area contributed by atoms with Crippen molar-refractivity contribution in [2.24, 2.45) is 0 Å². The molecule has 1 amide bonds. The first-order chi connectivity index (χ1) is 30.2. The predicted octanol–water partition coefficient (Wildman–Crippen LogP) is 9.40. The Morgan fingerprint density at radius 2 is 0.984 bits per heavy atom. The van der Waals surface area contributed by atoms with Crippen LogP contribution in [-0.2, 0) is 14.3 Å². The van der Waals surface area contributed by atoms with Gasteiger partial charge in [-0.25, -0.2) is 0 Å². The molecule has 1 heterocycles. The Hall–Kier alpha value is -1.41. The zero-order valence-electron chi connectivity index (χ0n) is 39.6. The number of aliphatic hydroxyl groups is 7. The van der Waals surface area contributed by atoms with Crippen LogP contribution in [0.4, 0.5) is 0 Å². The summed E-state index contributed by atoms with van der Waals surface area (Å²) in [5, 5.41) is 75.1. The van der Waals surface area contributed by atoms with Crippen molar-refractivity contribution < 1.29 is 50.0 Å². The molecular formula is C51H97NO10. The number of hydrogen-bond acceptors (Lipinski definition) is 10. The van der Waals surface area contributed by atoms with Gasteiger partial charge in [-0.05, 0) is 44.9 Å². The van der Waals surface area contributed by atoms with Crippen molar-refractivity contribution in [3.8, 4) is 0 Å². The highest BCUT2D eigenvalue weighted by molar-refractivity contribution is 5.80. The fourth-order valence-electron chi connectivity index (χ4n) is 8.24. The Kier molecular flexibility index (Phi) is 38.8. The number of aliphatic hydroxyl groups excluding tert-OH is 7. The van der Waals surface area contributed by atoms with E-state index in [1.54, 1.807) is 0 Å². The molecule has 366 valence electrons. The zero-order valence-corrected chi connectivity index (χ0v) is 39.6. The standard InChI is InChI=1S/C51H97NO10/c1-3-5-7-9-10-11-12-13-14-15-16-17-18-19-20-21-22-23-24-25-26-27-28-29-30-31-32-33-35-37-39-44(55)50(60)52-42(46(56)43(54)38-36-34-8-6-4-2)41-61-51-49(59)48(58)47(57)45(40-53)62-51/h16-17,19-20,42-49,51,53-59H,3-15,18,21-41H2,1-2H3,(H,52,60)/b17-16-,20-19-. The molecule has 1 fully saturated rings. The lowest BCUT2D eigenvalue weighted by Gasteiger charge is -2.40. The Labute approximate surface area is 378 Å². The topological polar surface area (TPSA) is 189 Å². The number of amides is 1. The van der Waals surface area contributed by atoms with Gasteiger partial charge in [-0.2, -0.15) is 0 Å². The van der Waals surface area contributed by atoms with Gasteiger partial charge in [0, 0.05) is 0 Å². The Balaban J connectivity index is 2.14. The van der Waals surface area contributed by atoms with Gasteiger partial charge >= 0.3 is 0 Å². The lowest BCUT2D eigenvalue weighted by Crippen LogP contribution is -2.60. The van der Waals surface area contributed by atoms with Crippen LogP contribution in [0.3, 0.4) is 0 Å². The van der Waals surface area contributed by atoms with E-state index in [0.29, 0.717) is 19.3 Å². The molecule has 11 heteroatoms. The molecule has 1 saturated heterocycles. The van der Waals surface area contributed by atoms with E-state index in [2.05, 4.69) is 43.5 Å². The molecule has 0 saturated carbocycles. The maximum absolute atomic E-state index is 13.0. The molecule has 0 spiro atoms. The molecule has 1 aliphatic rings. The highest BCUT2D eigenvalue weighted by Crippen LogP contribution is 2.23. The number of unbranched alkanes of at least 4 members (excludes halogenated alkanes) is 27. The smallest absolute Gasteiger partial charge is 0.249 e. The second kappa shape index (κ2) is 41.1. The maximum atomic E-state index is 13.0. The first-order valence-corrected chi connectivity index (χ1v) is 25.7. The summed E-state index contributed by atoms with van der Waals surface area (Å²) in [6.07, 6.45) is 36.0. The molecule has 9 unspecified atom stereocenters. The molecule has 0 aliphatic carbocycles. The van der Waals surface area contributed by atoms with Crippen LogP contribution in [0.2, 0.25) is 0 Å². The van der Waals surface area contributed by atoms with E-state index in [-0.39, 0.29) is 6.42 Å². The summed E-state index contributed by atoms with van der Waals surface area (Å²) in [5.74, 6) is -0.702. The molecular weight excluding hydrogens is 787 g/mol. The minimum atomic E-state index is -1.66. The minimum Gasteiger partial charge on any atom is -0.394 e. The fraction of sp³-hybridized carbons (Fsp3) is 0.902. The molecule has 62 heavy (non-hydrogen) atoms. The summed E-state index contributed by atoms with van der Waals surface area (Å²) in [6.45, 7) is 3.33. The number of carbonyl (C=O) groups is 1. The maximum Gasteiger partial charge on any atom is 0.249 e. The second-order valence-electron chi connectivity index (χ2n) is 18.2. The summed E-state index contributed by atoms with van der Waals surface area (Å²) in [7, 11) is 0. The predicted molar refractivity (Wildman–Crippen MR) is 252 cm³/mol. The van der Waals surface area contributed by atoms with Crippen molar-refractivity contribution in [3.63, 3.8) is 0 Å². The highest BCUT2D eigenvalue weighted by atomic mass is 16.7. The average molecular weight is 884 g/mol. The summed E-state index contributed by atoms with van der Waals surface area (Å²) in [5.41, 5.74) is 0. The van der Waals surface area contributed by atoms with Crippen molar-refractivity contribution in [1.82, 2.24) is 5.32 Å². The number of ether oxygens (including phenoxy) is 2. The minimum absolute atomic E-state index is 0.260. The highest BCUT2D eigenvalue weighted by Gasteiger charge is 2.44. The molecule has 0 aromatic carbocycles. The largest absolute Gasteiger partial charge is 0.394 e. The summed E-state index contributed by atoms with van der Waals surface area (Å²) >= 11 is 0. The van der Waals surface area contributed by atoms with Crippen molar-refractivity contribution >= 4 is 5.91 Å². The van der Waals surface area contributed by atoms with E-state index in [4.69, 9.17) is 9.47 Å². The first kappa shape index (κ1) is 58.6. The van der Waals surface area contributed by atoms with Crippen LogP contribution in [0.15, 0.2) is 24.3 Å². The van der Waals surface area contributed by atoms with E-state index in [1.807, 2.05) is 0 Å². The monoisotopic (exact) mass is 884 g/mol. The molecule has 0 bridgehead atoms. The lowest BCUT2D eigenvalue weighted by molar-refractivity contribution is -0.303.